The molecule has 0 unspecified atom stereocenters. The molecule has 1 aliphatic heterocycles. The summed E-state index contributed by atoms with van der Waals surface area (Å²) in [5.41, 5.74) is 3.27. The van der Waals surface area contributed by atoms with E-state index in [4.69, 9.17) is 13.9 Å². The molecule has 2 aromatic carbocycles. The molecule has 0 saturated carbocycles. The van der Waals surface area contributed by atoms with Gasteiger partial charge in [0, 0.05) is 16.7 Å². The Hall–Kier alpha value is -2.34. The van der Waals surface area contributed by atoms with Crippen LogP contribution in [0.25, 0.3) is 22.3 Å². The summed E-state index contributed by atoms with van der Waals surface area (Å²) in [4.78, 5) is 14.2. The Morgan fingerprint density at radius 3 is 2.61 bits per heavy atom. The maximum Gasteiger partial charge on any atom is 0.196 e. The van der Waals surface area contributed by atoms with Crippen LogP contribution >= 0.6 is 0 Å². The molecule has 0 spiro atoms. The summed E-state index contributed by atoms with van der Waals surface area (Å²) in [5.74, 6) is 1.48. The van der Waals surface area contributed by atoms with E-state index in [1.807, 2.05) is 37.3 Å². The molecule has 4 rings (SSSR count). The number of halogens is 1. The third kappa shape index (κ3) is 3.92. The second-order valence-electron chi connectivity index (χ2n) is 6.95. The summed E-state index contributed by atoms with van der Waals surface area (Å²) >= 11 is 0. The van der Waals surface area contributed by atoms with Crippen LogP contribution in [-0.2, 0) is 11.3 Å². The Labute approximate surface area is 170 Å². The molecule has 0 bridgehead atoms. The number of rotatable bonds is 4. The van der Waals surface area contributed by atoms with Gasteiger partial charge in [0.1, 0.15) is 36.7 Å². The zero-order chi connectivity index (χ0) is 18.8. The molecule has 148 valence electrons. The molecule has 1 fully saturated rings. The normalized spacial score (nSPS) is 14.6. The van der Waals surface area contributed by atoms with Gasteiger partial charge in [-0.2, -0.15) is 0 Å². The fourth-order valence-electron chi connectivity index (χ4n) is 3.67. The van der Waals surface area contributed by atoms with Crippen LogP contribution in [0.15, 0.2) is 51.7 Å². The number of hydrogen-bond donors (Lipinski definition) is 1. The fourth-order valence-corrected chi connectivity index (χ4v) is 3.67. The highest BCUT2D eigenvalue weighted by molar-refractivity contribution is 5.80. The molecule has 3 aromatic rings. The molecule has 1 aromatic heterocycles. The van der Waals surface area contributed by atoms with Gasteiger partial charge < -0.3 is 31.2 Å². The van der Waals surface area contributed by atoms with Crippen LogP contribution in [0.3, 0.4) is 0 Å². The van der Waals surface area contributed by atoms with E-state index in [0.29, 0.717) is 22.3 Å². The van der Waals surface area contributed by atoms with Crippen molar-refractivity contribution in [2.45, 2.75) is 13.5 Å². The number of fused-ring (bicyclic) bond motifs is 1. The smallest absolute Gasteiger partial charge is 0.196 e. The zero-order valence-electron chi connectivity index (χ0n) is 16.1. The van der Waals surface area contributed by atoms with Crippen molar-refractivity contribution in [2.24, 2.45) is 0 Å². The number of hydrogen-bond acceptors (Lipinski definition) is 4. The van der Waals surface area contributed by atoms with Crippen LogP contribution in [0.4, 0.5) is 0 Å². The molecule has 0 atom stereocenters. The van der Waals surface area contributed by atoms with Gasteiger partial charge in [-0.15, -0.1) is 0 Å². The van der Waals surface area contributed by atoms with Gasteiger partial charge in [0.25, 0.3) is 0 Å². The van der Waals surface area contributed by atoms with Crippen molar-refractivity contribution in [3.05, 3.63) is 63.8 Å². The van der Waals surface area contributed by atoms with Gasteiger partial charge in [-0.1, -0.05) is 12.1 Å². The minimum atomic E-state index is 0. The van der Waals surface area contributed by atoms with Gasteiger partial charge in [0.15, 0.2) is 5.43 Å². The summed E-state index contributed by atoms with van der Waals surface area (Å²) in [7, 11) is 1.69. The lowest BCUT2D eigenvalue weighted by Gasteiger charge is -2.24. The maximum absolute atomic E-state index is 12.7. The van der Waals surface area contributed by atoms with Gasteiger partial charge in [0.05, 0.1) is 25.7 Å². The summed E-state index contributed by atoms with van der Waals surface area (Å²) in [6.07, 6.45) is 0. The van der Waals surface area contributed by atoms with E-state index in [2.05, 4.69) is 6.07 Å². The SMILES string of the molecule is COc1ccc(-c2oc3ccccc3c(=O)c2C)cc1C[NH+]1CCOCC1.[Cl-]. The van der Waals surface area contributed by atoms with Crippen molar-refractivity contribution >= 4 is 11.0 Å². The van der Waals surface area contributed by atoms with Crippen molar-refractivity contribution in [3.8, 4) is 17.1 Å². The van der Waals surface area contributed by atoms with Crippen molar-refractivity contribution in [1.82, 2.24) is 0 Å². The lowest BCUT2D eigenvalue weighted by atomic mass is 10.0. The standard InChI is InChI=1S/C22H23NO4.ClH/c1-15-21(24)18-5-3-4-6-20(18)27-22(15)16-7-8-19(25-2)17(13-16)14-23-9-11-26-12-10-23;/h3-8,13H,9-12,14H2,1-2H3;1H. The summed E-state index contributed by atoms with van der Waals surface area (Å²) in [6, 6.07) is 13.4. The van der Waals surface area contributed by atoms with E-state index < -0.39 is 0 Å². The zero-order valence-corrected chi connectivity index (χ0v) is 16.8. The Morgan fingerprint density at radius 1 is 1.11 bits per heavy atom. The Bertz CT molecular complexity index is 1020. The first-order chi connectivity index (χ1) is 13.2. The van der Waals surface area contributed by atoms with Gasteiger partial charge in [-0.05, 0) is 37.3 Å². The number of benzene rings is 2. The largest absolute Gasteiger partial charge is 1.00 e. The number of morpholine rings is 1. The van der Waals surface area contributed by atoms with Crippen molar-refractivity contribution in [2.75, 3.05) is 33.4 Å². The van der Waals surface area contributed by atoms with E-state index in [0.717, 1.165) is 49.7 Å². The summed E-state index contributed by atoms with van der Waals surface area (Å²) < 4.78 is 17.1. The summed E-state index contributed by atoms with van der Waals surface area (Å²) in [6.45, 7) is 6.23. The number of para-hydroxylation sites is 1. The van der Waals surface area contributed by atoms with Crippen LogP contribution in [0.5, 0.6) is 5.75 Å². The molecule has 1 aliphatic rings. The molecular weight excluding hydrogens is 378 g/mol. The van der Waals surface area contributed by atoms with E-state index in [-0.39, 0.29) is 17.8 Å². The van der Waals surface area contributed by atoms with E-state index >= 15 is 0 Å². The van der Waals surface area contributed by atoms with Gasteiger partial charge >= 0.3 is 0 Å². The predicted molar refractivity (Wildman–Crippen MR) is 104 cm³/mol. The topological polar surface area (TPSA) is 53.1 Å². The molecular formula is C22H24ClNO4. The first-order valence-corrected chi connectivity index (χ1v) is 9.28. The lowest BCUT2D eigenvalue weighted by Crippen LogP contribution is -3.12. The van der Waals surface area contributed by atoms with Gasteiger partial charge in [0.2, 0.25) is 0 Å². The fraction of sp³-hybridized carbons (Fsp3) is 0.318. The van der Waals surface area contributed by atoms with E-state index in [1.165, 1.54) is 4.90 Å². The highest BCUT2D eigenvalue weighted by atomic mass is 35.5. The van der Waals surface area contributed by atoms with Crippen LogP contribution in [0.2, 0.25) is 0 Å². The molecule has 1 saturated heterocycles. The first-order valence-electron chi connectivity index (χ1n) is 9.28. The Morgan fingerprint density at radius 2 is 1.86 bits per heavy atom. The average molecular weight is 402 g/mol. The number of methoxy groups -OCH3 is 1. The molecule has 0 amide bonds. The molecule has 1 N–H and O–H groups in total. The molecule has 6 heteroatoms. The van der Waals surface area contributed by atoms with Crippen molar-refractivity contribution < 1.29 is 31.2 Å². The van der Waals surface area contributed by atoms with Gasteiger partial charge in [-0.25, -0.2) is 0 Å². The van der Waals surface area contributed by atoms with Crippen molar-refractivity contribution in [1.29, 1.82) is 0 Å². The van der Waals surface area contributed by atoms with Crippen LogP contribution < -0.4 is 27.5 Å². The summed E-state index contributed by atoms with van der Waals surface area (Å²) in [5, 5.41) is 0.616. The number of quaternary nitrogens is 1. The van der Waals surface area contributed by atoms with E-state index in [1.54, 1.807) is 13.2 Å². The minimum Gasteiger partial charge on any atom is -1.00 e. The van der Waals surface area contributed by atoms with Crippen LogP contribution in [0.1, 0.15) is 11.1 Å². The number of ether oxygens (including phenoxy) is 2. The maximum atomic E-state index is 12.7. The highest BCUT2D eigenvalue weighted by Crippen LogP contribution is 2.29. The minimum absolute atomic E-state index is 0. The number of nitrogens with one attached hydrogen (secondary N) is 1. The monoisotopic (exact) mass is 401 g/mol. The van der Waals surface area contributed by atoms with Crippen LogP contribution in [-0.4, -0.2) is 33.4 Å². The molecule has 0 aliphatic carbocycles. The van der Waals surface area contributed by atoms with Crippen molar-refractivity contribution in [3.63, 3.8) is 0 Å². The highest BCUT2D eigenvalue weighted by Gasteiger charge is 2.19. The average Bonchev–Trinajstić information content (AvgIpc) is 2.71. The second kappa shape index (κ2) is 8.78. The predicted octanol–water partition coefficient (Wildman–Crippen LogP) is -0.804. The second-order valence-corrected chi connectivity index (χ2v) is 6.95. The Balaban J connectivity index is 0.00000225. The molecule has 0 radical (unpaired) electrons. The quantitative estimate of drug-likeness (QED) is 0.621. The van der Waals surface area contributed by atoms with E-state index in [9.17, 15) is 4.79 Å². The molecule has 5 nitrogen and oxygen atoms in total. The molecule has 2 heterocycles. The lowest BCUT2D eigenvalue weighted by molar-refractivity contribution is -0.921. The molecule has 28 heavy (non-hydrogen) atoms. The Kier molecular flexibility index (Phi) is 6.39. The first kappa shape index (κ1) is 20.4. The van der Waals surface area contributed by atoms with Crippen LogP contribution in [0, 0.1) is 6.92 Å². The third-order valence-corrected chi connectivity index (χ3v) is 5.21. The van der Waals surface area contributed by atoms with Gasteiger partial charge in [-0.3, -0.25) is 4.79 Å². The third-order valence-electron chi connectivity index (χ3n) is 5.21.